The van der Waals surface area contributed by atoms with Gasteiger partial charge in [0.1, 0.15) is 0 Å². The number of thiocarbonyl (C=S) groups is 1. The van der Waals surface area contributed by atoms with Crippen LogP contribution < -0.4 is 4.90 Å². The van der Waals surface area contributed by atoms with E-state index in [0.29, 0.717) is 14.8 Å². The summed E-state index contributed by atoms with van der Waals surface area (Å²) < 4.78 is 0.337. The molecule has 0 aromatic heterocycles. The van der Waals surface area contributed by atoms with Crippen LogP contribution in [0.15, 0.2) is 58.5 Å². The third-order valence-corrected chi connectivity index (χ3v) is 5.80. The second kappa shape index (κ2) is 9.64. The first kappa shape index (κ1) is 21.7. The molecule has 0 saturated carbocycles. The van der Waals surface area contributed by atoms with Crippen molar-refractivity contribution in [3.63, 3.8) is 0 Å². The molecule has 9 heteroatoms. The number of carbonyl (C=O) groups excluding carboxylic acids is 1. The summed E-state index contributed by atoms with van der Waals surface area (Å²) in [4.78, 5) is 25.6. The van der Waals surface area contributed by atoms with Gasteiger partial charge < -0.3 is 4.90 Å². The normalized spacial score (nSPS) is 15.4. The first-order valence-corrected chi connectivity index (χ1v) is 10.6. The zero-order valence-corrected chi connectivity index (χ0v) is 18.2. The maximum atomic E-state index is 12.7. The highest BCUT2D eigenvalue weighted by Crippen LogP contribution is 2.33. The number of benzene rings is 2. The van der Waals surface area contributed by atoms with Gasteiger partial charge in [0.15, 0.2) is 4.32 Å². The number of rotatable bonds is 7. The van der Waals surface area contributed by atoms with E-state index in [4.69, 9.17) is 12.2 Å². The molecule has 0 atom stereocenters. The molecule has 2 aromatic carbocycles. The molecule has 2 aromatic rings. The average Bonchev–Trinajstić information content (AvgIpc) is 3.01. The topological polar surface area (TPSA) is 79.0 Å². The Bertz CT molecular complexity index is 1010. The second-order valence-corrected chi connectivity index (χ2v) is 8.03. The summed E-state index contributed by atoms with van der Waals surface area (Å²) in [6, 6.07) is 13.9. The SMILES string of the molecule is CCN(CC)c1ccc(C=NN2C(=O)C(=Cc3ccc([N+](=O)[O-])cc3)SC2=S)cc1. The predicted octanol–water partition coefficient (Wildman–Crippen LogP) is 4.68. The van der Waals surface area contributed by atoms with Gasteiger partial charge in [0, 0.05) is 30.9 Å². The molecule has 1 aliphatic rings. The average molecular weight is 441 g/mol. The Hall–Kier alpha value is -3.04. The fourth-order valence-electron chi connectivity index (χ4n) is 2.89. The van der Waals surface area contributed by atoms with E-state index >= 15 is 0 Å². The summed E-state index contributed by atoms with van der Waals surface area (Å²) in [5.74, 6) is -0.320. The van der Waals surface area contributed by atoms with Crippen LogP contribution in [0.2, 0.25) is 0 Å². The van der Waals surface area contributed by atoms with Crippen LogP contribution in [0.25, 0.3) is 6.08 Å². The number of hydrogen-bond donors (Lipinski definition) is 0. The fraction of sp³-hybridized carbons (Fsp3) is 0.190. The van der Waals surface area contributed by atoms with Gasteiger partial charge in [-0.2, -0.15) is 10.1 Å². The Kier molecular flexibility index (Phi) is 6.96. The molecule has 154 valence electrons. The minimum atomic E-state index is -0.466. The van der Waals surface area contributed by atoms with Crippen molar-refractivity contribution >= 4 is 57.9 Å². The third kappa shape index (κ3) is 4.92. The van der Waals surface area contributed by atoms with E-state index in [-0.39, 0.29) is 11.6 Å². The lowest BCUT2D eigenvalue weighted by Crippen LogP contribution is -2.22. The van der Waals surface area contributed by atoms with Crippen LogP contribution in [-0.2, 0) is 4.79 Å². The number of hydrogen-bond acceptors (Lipinski definition) is 7. The molecule has 7 nitrogen and oxygen atoms in total. The van der Waals surface area contributed by atoms with Gasteiger partial charge in [-0.1, -0.05) is 23.9 Å². The van der Waals surface area contributed by atoms with E-state index in [9.17, 15) is 14.9 Å². The molecule has 1 fully saturated rings. The molecule has 1 heterocycles. The minimum absolute atomic E-state index is 0.00342. The van der Waals surface area contributed by atoms with Gasteiger partial charge in [0.05, 0.1) is 16.0 Å². The highest BCUT2D eigenvalue weighted by molar-refractivity contribution is 8.26. The Morgan fingerprint density at radius 1 is 1.10 bits per heavy atom. The number of amides is 1. The maximum absolute atomic E-state index is 12.7. The third-order valence-electron chi connectivity index (χ3n) is 4.52. The summed E-state index contributed by atoms with van der Waals surface area (Å²) in [5, 5.41) is 16.2. The highest BCUT2D eigenvalue weighted by atomic mass is 32.2. The minimum Gasteiger partial charge on any atom is -0.372 e. The second-order valence-electron chi connectivity index (χ2n) is 6.35. The van der Waals surface area contributed by atoms with Crippen molar-refractivity contribution in [3.8, 4) is 0 Å². The van der Waals surface area contributed by atoms with Crippen molar-refractivity contribution in [1.82, 2.24) is 5.01 Å². The van der Waals surface area contributed by atoms with Gasteiger partial charge in [-0.15, -0.1) is 0 Å². The summed E-state index contributed by atoms with van der Waals surface area (Å²) in [6.07, 6.45) is 3.25. The molecular formula is C21H20N4O3S2. The van der Waals surface area contributed by atoms with E-state index < -0.39 is 4.92 Å². The fourth-order valence-corrected chi connectivity index (χ4v) is 4.06. The number of anilines is 1. The lowest BCUT2D eigenvalue weighted by molar-refractivity contribution is -0.384. The van der Waals surface area contributed by atoms with Crippen molar-refractivity contribution in [1.29, 1.82) is 0 Å². The van der Waals surface area contributed by atoms with Gasteiger partial charge in [-0.05, 0) is 67.5 Å². The summed E-state index contributed by atoms with van der Waals surface area (Å²) in [6.45, 7) is 6.08. The van der Waals surface area contributed by atoms with Crippen LogP contribution in [-0.4, -0.2) is 39.5 Å². The zero-order chi connectivity index (χ0) is 21.7. The Labute approximate surface area is 184 Å². The molecule has 0 N–H and O–H groups in total. The van der Waals surface area contributed by atoms with Crippen LogP contribution in [0.3, 0.4) is 0 Å². The van der Waals surface area contributed by atoms with Crippen LogP contribution in [0.5, 0.6) is 0 Å². The molecule has 3 rings (SSSR count). The molecule has 0 bridgehead atoms. The number of nitro groups is 1. The van der Waals surface area contributed by atoms with Crippen LogP contribution in [0.1, 0.15) is 25.0 Å². The van der Waals surface area contributed by atoms with Crippen LogP contribution in [0.4, 0.5) is 11.4 Å². The maximum Gasteiger partial charge on any atom is 0.286 e. The highest BCUT2D eigenvalue weighted by Gasteiger charge is 2.32. The van der Waals surface area contributed by atoms with Crippen LogP contribution in [0, 0.1) is 10.1 Å². The molecular weight excluding hydrogens is 420 g/mol. The molecule has 0 radical (unpaired) electrons. The Morgan fingerprint density at radius 2 is 1.70 bits per heavy atom. The zero-order valence-electron chi connectivity index (χ0n) is 16.5. The Morgan fingerprint density at radius 3 is 2.27 bits per heavy atom. The molecule has 1 saturated heterocycles. The monoisotopic (exact) mass is 440 g/mol. The van der Waals surface area contributed by atoms with E-state index in [0.717, 1.165) is 36.1 Å². The van der Waals surface area contributed by atoms with Crippen LogP contribution >= 0.6 is 24.0 Å². The van der Waals surface area contributed by atoms with E-state index in [1.165, 1.54) is 17.1 Å². The van der Waals surface area contributed by atoms with Crippen molar-refractivity contribution in [2.24, 2.45) is 5.10 Å². The molecule has 1 amide bonds. The van der Waals surface area contributed by atoms with Gasteiger partial charge in [0.25, 0.3) is 11.6 Å². The molecule has 0 spiro atoms. The molecule has 0 aliphatic carbocycles. The lowest BCUT2D eigenvalue weighted by Gasteiger charge is -2.20. The van der Waals surface area contributed by atoms with E-state index in [2.05, 4.69) is 23.8 Å². The number of nitro benzene ring substituents is 1. The van der Waals surface area contributed by atoms with Crippen molar-refractivity contribution in [2.45, 2.75) is 13.8 Å². The summed E-state index contributed by atoms with van der Waals surface area (Å²) in [7, 11) is 0. The van der Waals surface area contributed by atoms with E-state index in [1.807, 2.05) is 24.3 Å². The van der Waals surface area contributed by atoms with Gasteiger partial charge >= 0.3 is 0 Å². The number of nitrogens with zero attached hydrogens (tertiary/aromatic N) is 4. The molecule has 30 heavy (non-hydrogen) atoms. The first-order valence-electron chi connectivity index (χ1n) is 9.34. The lowest BCUT2D eigenvalue weighted by atomic mass is 10.2. The smallest absolute Gasteiger partial charge is 0.286 e. The Balaban J connectivity index is 1.72. The van der Waals surface area contributed by atoms with Crippen molar-refractivity contribution in [3.05, 3.63) is 74.7 Å². The number of hydrazone groups is 1. The van der Waals surface area contributed by atoms with E-state index in [1.54, 1.807) is 24.4 Å². The van der Waals surface area contributed by atoms with Crippen molar-refractivity contribution < 1.29 is 9.72 Å². The van der Waals surface area contributed by atoms with Crippen molar-refractivity contribution in [2.75, 3.05) is 18.0 Å². The largest absolute Gasteiger partial charge is 0.372 e. The number of carbonyl (C=O) groups is 1. The van der Waals surface area contributed by atoms with Gasteiger partial charge in [0.2, 0.25) is 0 Å². The summed E-state index contributed by atoms with van der Waals surface area (Å²) >= 11 is 6.43. The van der Waals surface area contributed by atoms with Gasteiger partial charge in [-0.3, -0.25) is 14.9 Å². The number of thioether (sulfide) groups is 1. The standard InChI is InChI=1S/C21H20N4O3S2/c1-3-23(4-2)17-9-7-16(8-10-17)14-22-24-20(26)19(30-21(24)29)13-15-5-11-18(12-6-15)25(27)28/h5-14H,3-4H2,1-2H3. The van der Waals surface area contributed by atoms with Gasteiger partial charge in [-0.25, -0.2) is 0 Å². The number of non-ortho nitro benzene ring substituents is 1. The first-order chi connectivity index (χ1) is 14.4. The summed E-state index contributed by atoms with van der Waals surface area (Å²) in [5.41, 5.74) is 2.67. The molecule has 0 unspecified atom stereocenters. The molecule has 1 aliphatic heterocycles. The quantitative estimate of drug-likeness (QED) is 0.205. The predicted molar refractivity (Wildman–Crippen MR) is 126 cm³/mol.